The quantitative estimate of drug-likeness (QED) is 0.202. The summed E-state index contributed by atoms with van der Waals surface area (Å²) in [6, 6.07) is 21.2. The van der Waals surface area contributed by atoms with Crippen LogP contribution < -0.4 is 9.54 Å². The third-order valence-corrected chi connectivity index (χ3v) is 6.80. The predicted octanol–water partition coefficient (Wildman–Crippen LogP) is 6.74. The Hall–Kier alpha value is -4.25. The largest absolute Gasteiger partial charge is 0.481 e. The summed E-state index contributed by atoms with van der Waals surface area (Å²) in [6.07, 6.45) is -2.91. The molecule has 0 aliphatic heterocycles. The van der Waals surface area contributed by atoms with Gasteiger partial charge in [-0.2, -0.15) is 23.3 Å². The number of unbranched alkanes of at least 4 members (excludes halogenated alkanes) is 1. The van der Waals surface area contributed by atoms with E-state index in [9.17, 15) is 22.8 Å². The smallest absolute Gasteiger partial charge is 0.416 e. The van der Waals surface area contributed by atoms with Crippen molar-refractivity contribution in [3.63, 3.8) is 0 Å². The molecule has 1 N–H and O–H groups in total. The monoisotopic (exact) mass is 569 g/mol. The average molecular weight is 570 g/mol. The molecule has 1 amide bonds. The normalized spacial score (nSPS) is 11.9. The topological polar surface area (TPSA) is 93.8 Å². The molecule has 11 heteroatoms. The molecule has 4 rings (SSSR count). The van der Waals surface area contributed by atoms with Crippen LogP contribution in [0.4, 0.5) is 13.2 Å². The maximum absolute atomic E-state index is 13.1. The molecule has 0 spiro atoms. The molecule has 0 atom stereocenters. The lowest BCUT2D eigenvalue weighted by Crippen LogP contribution is -2.19. The molecule has 0 fully saturated rings. The van der Waals surface area contributed by atoms with E-state index in [1.54, 1.807) is 28.9 Å². The van der Waals surface area contributed by atoms with Gasteiger partial charge >= 0.3 is 12.1 Å². The molecule has 0 unspecified atom stereocenters. The van der Waals surface area contributed by atoms with E-state index in [1.807, 2.05) is 30.3 Å². The van der Waals surface area contributed by atoms with Gasteiger partial charge in [-0.3, -0.25) is 9.59 Å². The lowest BCUT2D eigenvalue weighted by Gasteiger charge is -2.10. The van der Waals surface area contributed by atoms with Crippen molar-refractivity contribution in [2.45, 2.75) is 44.8 Å². The Balaban J connectivity index is 1.58. The van der Waals surface area contributed by atoms with Crippen molar-refractivity contribution < 1.29 is 32.6 Å². The molecule has 1 aromatic heterocycles. The fraction of sp³-hybridized carbons (Fsp3) is 0.241. The second-order valence-electron chi connectivity index (χ2n) is 8.91. The molecule has 0 saturated heterocycles. The Morgan fingerprint density at radius 2 is 1.62 bits per heavy atom. The van der Waals surface area contributed by atoms with Crippen LogP contribution in [0, 0.1) is 0 Å². The van der Waals surface area contributed by atoms with Crippen LogP contribution in [0.1, 0.15) is 36.8 Å². The van der Waals surface area contributed by atoms with Crippen LogP contribution in [-0.2, 0) is 28.7 Å². The second kappa shape index (κ2) is 13.2. The van der Waals surface area contributed by atoms with Gasteiger partial charge in [0.2, 0.25) is 10.7 Å². The van der Waals surface area contributed by atoms with E-state index in [1.165, 1.54) is 23.5 Å². The number of rotatable bonds is 11. The minimum Gasteiger partial charge on any atom is -0.481 e. The van der Waals surface area contributed by atoms with Gasteiger partial charge in [0.25, 0.3) is 0 Å². The van der Waals surface area contributed by atoms with E-state index in [0.717, 1.165) is 17.7 Å². The fourth-order valence-corrected chi connectivity index (χ4v) is 4.76. The number of carboxylic acid groups (broad SMARTS) is 1. The maximum Gasteiger partial charge on any atom is 0.416 e. The number of hydrogen-bond acceptors (Lipinski definition) is 5. The third-order valence-electron chi connectivity index (χ3n) is 5.81. The molecular weight excluding hydrogens is 543 g/mol. The van der Waals surface area contributed by atoms with Gasteiger partial charge in [0.1, 0.15) is 16.5 Å². The van der Waals surface area contributed by atoms with Crippen LogP contribution in [0.5, 0.6) is 11.5 Å². The number of aromatic nitrogens is 2. The Labute approximate surface area is 232 Å². The molecule has 7 nitrogen and oxygen atoms in total. The number of alkyl halides is 3. The van der Waals surface area contributed by atoms with Crippen molar-refractivity contribution in [1.29, 1.82) is 0 Å². The summed E-state index contributed by atoms with van der Waals surface area (Å²) in [5, 5.41) is 14.0. The van der Waals surface area contributed by atoms with Crippen LogP contribution in [0.15, 0.2) is 83.9 Å². The lowest BCUT2D eigenvalue weighted by molar-refractivity contribution is -0.138. The standard InChI is InChI=1S/C29H26F3N3O4S/c30-29(31,32)22-11-7-13-24(19-22)39-23-12-6-10-21(18-23)27-34-35(17-16-20-8-2-1-3-9-20)28(40-27)33-25(36)14-4-5-15-26(37)38/h1-3,6-13,18-19H,4-5,14-17H2,(H,37,38). The number of nitrogens with zero attached hydrogens (tertiary/aromatic N) is 3. The highest BCUT2D eigenvalue weighted by atomic mass is 32.1. The van der Waals surface area contributed by atoms with E-state index in [-0.39, 0.29) is 24.5 Å². The fourth-order valence-electron chi connectivity index (χ4n) is 3.81. The number of hydrogen-bond donors (Lipinski definition) is 1. The van der Waals surface area contributed by atoms with Gasteiger partial charge < -0.3 is 9.84 Å². The molecule has 40 heavy (non-hydrogen) atoms. The number of aryl methyl sites for hydroxylation is 2. The SMILES string of the molecule is O=C(O)CCCCC(=O)N=c1sc(-c2cccc(Oc3cccc(C(F)(F)F)c3)c2)nn1CCc1ccccc1. The summed E-state index contributed by atoms with van der Waals surface area (Å²) < 4.78 is 46.6. The van der Waals surface area contributed by atoms with Gasteiger partial charge in [-0.05, 0) is 55.2 Å². The van der Waals surface area contributed by atoms with Crippen molar-refractivity contribution >= 4 is 23.2 Å². The molecule has 0 saturated carbocycles. The lowest BCUT2D eigenvalue weighted by atomic mass is 10.1. The maximum atomic E-state index is 13.1. The molecule has 4 aromatic rings. The van der Waals surface area contributed by atoms with Gasteiger partial charge in [-0.25, -0.2) is 4.68 Å². The Bertz CT molecular complexity index is 1530. The van der Waals surface area contributed by atoms with Gasteiger partial charge in [0, 0.05) is 24.9 Å². The minimum absolute atomic E-state index is 0.00598. The summed E-state index contributed by atoms with van der Waals surface area (Å²) in [7, 11) is 0. The Morgan fingerprint density at radius 3 is 2.35 bits per heavy atom. The zero-order valence-corrected chi connectivity index (χ0v) is 22.1. The van der Waals surface area contributed by atoms with Crippen molar-refractivity contribution in [3.8, 4) is 22.1 Å². The number of amides is 1. The Kier molecular flexibility index (Phi) is 9.49. The summed E-state index contributed by atoms with van der Waals surface area (Å²) in [5.41, 5.74) is 0.935. The summed E-state index contributed by atoms with van der Waals surface area (Å²) in [5.74, 6) is -0.894. The predicted molar refractivity (Wildman–Crippen MR) is 144 cm³/mol. The van der Waals surface area contributed by atoms with Gasteiger partial charge in [0.15, 0.2) is 0 Å². The van der Waals surface area contributed by atoms with Gasteiger partial charge in [-0.1, -0.05) is 59.9 Å². The van der Waals surface area contributed by atoms with Gasteiger partial charge in [-0.15, -0.1) is 0 Å². The molecular formula is C29H26F3N3O4S. The third kappa shape index (κ3) is 8.37. The van der Waals surface area contributed by atoms with Crippen LogP contribution in [-0.4, -0.2) is 26.8 Å². The molecule has 3 aromatic carbocycles. The molecule has 0 aliphatic carbocycles. The van der Waals surface area contributed by atoms with Crippen LogP contribution in [0.2, 0.25) is 0 Å². The van der Waals surface area contributed by atoms with Crippen LogP contribution >= 0.6 is 11.3 Å². The summed E-state index contributed by atoms with van der Waals surface area (Å²) in [6.45, 7) is 0.464. The first-order valence-electron chi connectivity index (χ1n) is 12.5. The molecule has 0 radical (unpaired) electrons. The number of benzene rings is 3. The van der Waals surface area contributed by atoms with Crippen molar-refractivity contribution in [3.05, 3.63) is 94.8 Å². The molecule has 0 bridgehead atoms. The number of ether oxygens (including phenoxy) is 1. The van der Waals surface area contributed by atoms with Crippen molar-refractivity contribution in [1.82, 2.24) is 9.78 Å². The highest BCUT2D eigenvalue weighted by Gasteiger charge is 2.30. The zero-order chi connectivity index (χ0) is 28.5. The highest BCUT2D eigenvalue weighted by molar-refractivity contribution is 7.12. The van der Waals surface area contributed by atoms with Crippen LogP contribution in [0.25, 0.3) is 10.6 Å². The first-order valence-corrected chi connectivity index (χ1v) is 13.4. The van der Waals surface area contributed by atoms with E-state index in [4.69, 9.17) is 9.84 Å². The number of aliphatic carboxylic acids is 1. The van der Waals surface area contributed by atoms with Crippen molar-refractivity contribution in [2.24, 2.45) is 4.99 Å². The van der Waals surface area contributed by atoms with E-state index in [0.29, 0.717) is 46.9 Å². The molecule has 0 aliphatic rings. The number of carboxylic acids is 1. The van der Waals surface area contributed by atoms with E-state index < -0.39 is 17.7 Å². The number of carbonyl (C=O) groups is 2. The van der Waals surface area contributed by atoms with Gasteiger partial charge in [0.05, 0.1) is 5.56 Å². The number of halogens is 3. The zero-order valence-electron chi connectivity index (χ0n) is 21.3. The minimum atomic E-state index is -4.48. The van der Waals surface area contributed by atoms with E-state index in [2.05, 4.69) is 10.1 Å². The summed E-state index contributed by atoms with van der Waals surface area (Å²) >= 11 is 1.21. The molecule has 208 valence electrons. The number of carbonyl (C=O) groups excluding carboxylic acids is 1. The van der Waals surface area contributed by atoms with E-state index >= 15 is 0 Å². The summed E-state index contributed by atoms with van der Waals surface area (Å²) in [4.78, 5) is 27.9. The second-order valence-corrected chi connectivity index (χ2v) is 9.87. The first-order chi connectivity index (χ1) is 19.2. The molecule has 1 heterocycles. The van der Waals surface area contributed by atoms with Crippen molar-refractivity contribution in [2.75, 3.05) is 0 Å². The first kappa shape index (κ1) is 28.8. The average Bonchev–Trinajstić information content (AvgIpc) is 3.33. The van der Waals surface area contributed by atoms with Crippen LogP contribution in [0.3, 0.4) is 0 Å². The Morgan fingerprint density at radius 1 is 0.925 bits per heavy atom. The highest BCUT2D eigenvalue weighted by Crippen LogP contribution is 2.33.